The van der Waals surface area contributed by atoms with E-state index in [1.165, 1.54) is 180 Å². The predicted octanol–water partition coefficient (Wildman–Crippen LogP) is 16.6. The molecule has 1 N–H and O–H groups in total. The van der Waals surface area contributed by atoms with Crippen LogP contribution in [0.5, 0.6) is 0 Å². The molecule has 2 atom stereocenters. The molecule has 0 aliphatic rings. The van der Waals surface area contributed by atoms with Gasteiger partial charge in [0.25, 0.3) is 0 Å². The average Bonchev–Trinajstić information content (AvgIpc) is 3.26. The predicted molar refractivity (Wildman–Crippen MR) is 275 cm³/mol. The number of hydrogen-bond donors (Lipinski definition) is 1. The van der Waals surface area contributed by atoms with E-state index >= 15 is 0 Å². The van der Waals surface area contributed by atoms with Crippen molar-refractivity contribution in [3.05, 3.63) is 24.3 Å². The summed E-state index contributed by atoms with van der Waals surface area (Å²) >= 11 is 0. The monoisotopic (exact) mass is 941 g/mol. The Hall–Kier alpha value is -1.51. The smallest absolute Gasteiger partial charge is 0.462 e. The molecule has 0 aromatic carbocycles. The number of nitrogens with zero attached hydrogens (tertiary/aromatic N) is 1. The van der Waals surface area contributed by atoms with Crippen LogP contribution in [0.4, 0.5) is 0 Å². The van der Waals surface area contributed by atoms with Crippen molar-refractivity contribution in [2.75, 3.05) is 47.5 Å². The number of rotatable bonds is 51. The van der Waals surface area contributed by atoms with Gasteiger partial charge in [-0.15, -0.1) is 0 Å². The van der Waals surface area contributed by atoms with Gasteiger partial charge in [-0.05, 0) is 44.9 Å². The molecule has 0 heterocycles. The molecule has 0 saturated carbocycles. The number of esters is 2. The second kappa shape index (κ2) is 47.6. The molecular weight excluding hydrogens is 834 g/mol. The first-order valence-electron chi connectivity index (χ1n) is 27.6. The van der Waals surface area contributed by atoms with Crippen LogP contribution >= 0.6 is 7.82 Å². The summed E-state index contributed by atoms with van der Waals surface area (Å²) in [6, 6.07) is 0. The zero-order chi connectivity index (χ0) is 47.8. The van der Waals surface area contributed by atoms with Gasteiger partial charge in [-0.25, -0.2) is 4.57 Å². The molecule has 2 unspecified atom stereocenters. The van der Waals surface area contributed by atoms with Crippen molar-refractivity contribution in [3.8, 4) is 0 Å². The van der Waals surface area contributed by atoms with Gasteiger partial charge in [-0.2, -0.15) is 0 Å². The van der Waals surface area contributed by atoms with Gasteiger partial charge in [-0.3, -0.25) is 18.6 Å². The number of carbonyl (C=O) groups is 2. The Morgan fingerprint density at radius 3 is 1.25 bits per heavy atom. The highest BCUT2D eigenvalue weighted by atomic mass is 31.2. The number of unbranched alkanes of at least 4 members (excludes halogenated alkanes) is 33. The number of quaternary nitrogens is 1. The van der Waals surface area contributed by atoms with E-state index in [2.05, 4.69) is 38.2 Å². The third-order valence-electron chi connectivity index (χ3n) is 12.2. The molecule has 0 spiro atoms. The lowest BCUT2D eigenvalue weighted by Gasteiger charge is -2.24. The molecule has 384 valence electrons. The molecule has 0 aliphatic heterocycles. The summed E-state index contributed by atoms with van der Waals surface area (Å²) in [4.78, 5) is 35.6. The Bertz CT molecular complexity index is 1150. The Kier molecular flexibility index (Phi) is 46.4. The fourth-order valence-corrected chi connectivity index (χ4v) is 8.67. The molecule has 0 fully saturated rings. The Balaban J connectivity index is 4.14. The summed E-state index contributed by atoms with van der Waals surface area (Å²) in [6.07, 6.45) is 55.2. The van der Waals surface area contributed by atoms with E-state index in [9.17, 15) is 19.0 Å². The summed E-state index contributed by atoms with van der Waals surface area (Å²) in [6.45, 7) is 4.44. The van der Waals surface area contributed by atoms with Crippen molar-refractivity contribution in [1.29, 1.82) is 0 Å². The quantitative estimate of drug-likeness (QED) is 0.0211. The van der Waals surface area contributed by atoms with Crippen molar-refractivity contribution >= 4 is 19.8 Å². The van der Waals surface area contributed by atoms with E-state index in [1.54, 1.807) is 0 Å². The SMILES string of the molecule is CCCCC/C=C\C/C=C\CCCCCCCCCC(=O)OC(COC(=O)CCCCCCCCCCCCCCCCCCCCCCCCCC)COP(=O)(O)OCC[N+](C)(C)C. The molecule has 65 heavy (non-hydrogen) atoms. The lowest BCUT2D eigenvalue weighted by Crippen LogP contribution is -2.37. The Morgan fingerprint density at radius 2 is 0.831 bits per heavy atom. The molecule has 0 bridgehead atoms. The largest absolute Gasteiger partial charge is 0.472 e. The number of ether oxygens (including phenoxy) is 2. The Morgan fingerprint density at radius 1 is 0.477 bits per heavy atom. The second-order valence-electron chi connectivity index (χ2n) is 20.0. The van der Waals surface area contributed by atoms with Crippen molar-refractivity contribution in [2.24, 2.45) is 0 Å². The van der Waals surface area contributed by atoms with Crippen LogP contribution in [0.3, 0.4) is 0 Å². The number of carbonyl (C=O) groups excluding carboxylic acids is 2. The van der Waals surface area contributed by atoms with Gasteiger partial charge in [0.2, 0.25) is 0 Å². The van der Waals surface area contributed by atoms with Crippen molar-refractivity contribution in [3.63, 3.8) is 0 Å². The molecule has 10 heteroatoms. The van der Waals surface area contributed by atoms with E-state index < -0.39 is 26.5 Å². The zero-order valence-corrected chi connectivity index (χ0v) is 44.4. The van der Waals surface area contributed by atoms with Crippen LogP contribution in [0.15, 0.2) is 24.3 Å². The molecule has 0 saturated heterocycles. The van der Waals surface area contributed by atoms with Crippen molar-refractivity contribution in [1.82, 2.24) is 0 Å². The van der Waals surface area contributed by atoms with Crippen molar-refractivity contribution in [2.45, 2.75) is 270 Å². The second-order valence-corrected chi connectivity index (χ2v) is 21.4. The number of allylic oxidation sites excluding steroid dienone is 4. The minimum Gasteiger partial charge on any atom is -0.462 e. The van der Waals surface area contributed by atoms with Crippen molar-refractivity contribution < 1.29 is 42.1 Å². The van der Waals surface area contributed by atoms with Crippen LogP contribution < -0.4 is 0 Å². The van der Waals surface area contributed by atoms with Crippen LogP contribution in [0.25, 0.3) is 0 Å². The van der Waals surface area contributed by atoms with Gasteiger partial charge < -0.3 is 18.9 Å². The molecule has 0 rings (SSSR count). The molecule has 0 amide bonds. The maximum Gasteiger partial charge on any atom is 0.472 e. The zero-order valence-electron chi connectivity index (χ0n) is 43.5. The van der Waals surface area contributed by atoms with Crippen LogP contribution in [0.2, 0.25) is 0 Å². The van der Waals surface area contributed by atoms with Gasteiger partial charge in [0.05, 0.1) is 27.7 Å². The number of phosphoric acid groups is 1. The molecular formula is C55H107NO8P+. The van der Waals surface area contributed by atoms with Gasteiger partial charge in [0, 0.05) is 12.8 Å². The lowest BCUT2D eigenvalue weighted by atomic mass is 10.0. The third kappa shape index (κ3) is 51.7. The summed E-state index contributed by atoms with van der Waals surface area (Å²) in [5, 5.41) is 0. The topological polar surface area (TPSA) is 108 Å². The van der Waals surface area contributed by atoms with E-state index in [1.807, 2.05) is 21.1 Å². The third-order valence-corrected chi connectivity index (χ3v) is 13.2. The van der Waals surface area contributed by atoms with Crippen LogP contribution in [0, 0.1) is 0 Å². The normalized spacial score (nSPS) is 13.5. The minimum absolute atomic E-state index is 0.0322. The van der Waals surface area contributed by atoms with E-state index in [4.69, 9.17) is 18.5 Å². The molecule has 0 radical (unpaired) electrons. The molecule has 0 aromatic rings. The molecule has 9 nitrogen and oxygen atoms in total. The van der Waals surface area contributed by atoms with Gasteiger partial charge in [0.1, 0.15) is 19.8 Å². The number of likely N-dealkylation sites (N-methyl/N-ethyl adjacent to an activating group) is 1. The maximum absolute atomic E-state index is 12.8. The summed E-state index contributed by atoms with van der Waals surface area (Å²) in [5.74, 6) is -0.793. The minimum atomic E-state index is -4.38. The summed E-state index contributed by atoms with van der Waals surface area (Å²) in [7, 11) is 1.48. The van der Waals surface area contributed by atoms with E-state index in [0.717, 1.165) is 51.4 Å². The standard InChI is InChI=1S/C55H106NO8P/c1-6-8-10-12-14-16-18-20-22-24-25-26-27-28-29-30-32-33-35-37-39-41-43-45-47-54(57)61-51-53(52-63-65(59,60)62-50-49-56(3,4)5)64-55(58)48-46-44-42-40-38-36-34-31-23-21-19-17-15-13-11-9-7-2/h15,17,21,23,53H,6-14,16,18-20,22,24-52H2,1-5H3/p+1/b17-15-,23-21-. The molecule has 0 aromatic heterocycles. The van der Waals surface area contributed by atoms with E-state index in [0.29, 0.717) is 23.9 Å². The first-order valence-corrected chi connectivity index (χ1v) is 29.1. The lowest BCUT2D eigenvalue weighted by molar-refractivity contribution is -0.870. The summed E-state index contributed by atoms with van der Waals surface area (Å²) < 4.78 is 34.5. The van der Waals surface area contributed by atoms with Crippen LogP contribution in [-0.4, -0.2) is 74.9 Å². The highest BCUT2D eigenvalue weighted by Crippen LogP contribution is 2.43. The average molecular weight is 941 g/mol. The van der Waals surface area contributed by atoms with Crippen LogP contribution in [0.1, 0.15) is 264 Å². The van der Waals surface area contributed by atoms with Gasteiger partial charge in [-0.1, -0.05) is 231 Å². The Labute approximate surface area is 402 Å². The fourth-order valence-electron chi connectivity index (χ4n) is 7.93. The number of hydrogen-bond acceptors (Lipinski definition) is 7. The van der Waals surface area contributed by atoms with Gasteiger partial charge >= 0.3 is 19.8 Å². The first-order chi connectivity index (χ1) is 31.5. The first kappa shape index (κ1) is 63.5. The van der Waals surface area contributed by atoms with Crippen LogP contribution in [-0.2, 0) is 32.7 Å². The maximum atomic E-state index is 12.8. The van der Waals surface area contributed by atoms with Gasteiger partial charge in [0.15, 0.2) is 6.10 Å². The highest BCUT2D eigenvalue weighted by molar-refractivity contribution is 7.47. The molecule has 0 aliphatic carbocycles. The summed E-state index contributed by atoms with van der Waals surface area (Å²) in [5.41, 5.74) is 0. The fraction of sp³-hybridized carbons (Fsp3) is 0.891. The highest BCUT2D eigenvalue weighted by Gasteiger charge is 2.27. The number of phosphoric ester groups is 1. The van der Waals surface area contributed by atoms with E-state index in [-0.39, 0.29) is 25.6 Å².